The maximum Gasteiger partial charge on any atom is 0.346 e. The summed E-state index contributed by atoms with van der Waals surface area (Å²) in [4.78, 5) is 16.5. The first-order valence-electron chi connectivity index (χ1n) is 6.44. The predicted octanol–water partition coefficient (Wildman–Crippen LogP) is 3.91. The van der Waals surface area contributed by atoms with E-state index in [0.717, 1.165) is 22.3 Å². The van der Waals surface area contributed by atoms with E-state index in [9.17, 15) is 14.3 Å². The molecule has 0 spiro atoms. The molecule has 2 aromatic heterocycles. The number of benzene rings is 2. The number of halogens is 1. The van der Waals surface area contributed by atoms with Gasteiger partial charge in [0, 0.05) is 11.5 Å². The summed E-state index contributed by atoms with van der Waals surface area (Å²) >= 11 is 1.37. The van der Waals surface area contributed by atoms with Gasteiger partial charge in [0.15, 0.2) is 11.6 Å². The number of para-hydroxylation sites is 1. The molecular formula is C16H8FNO3S. The van der Waals surface area contributed by atoms with Gasteiger partial charge < -0.3 is 9.52 Å². The molecule has 0 aliphatic rings. The Morgan fingerprint density at radius 1 is 1.18 bits per heavy atom. The highest BCUT2D eigenvalue weighted by Crippen LogP contribution is 2.31. The number of rotatable bonds is 1. The van der Waals surface area contributed by atoms with Gasteiger partial charge in [0.25, 0.3) is 0 Å². The van der Waals surface area contributed by atoms with E-state index in [-0.39, 0.29) is 11.1 Å². The first-order valence-corrected chi connectivity index (χ1v) is 7.26. The first kappa shape index (κ1) is 13.0. The van der Waals surface area contributed by atoms with Crippen LogP contribution in [0.25, 0.3) is 31.8 Å². The molecule has 2 aromatic carbocycles. The summed E-state index contributed by atoms with van der Waals surface area (Å²) in [7, 11) is 0. The summed E-state index contributed by atoms with van der Waals surface area (Å²) in [6.07, 6.45) is 0. The lowest BCUT2D eigenvalue weighted by atomic mass is 10.2. The van der Waals surface area contributed by atoms with Crippen molar-refractivity contribution < 1.29 is 13.9 Å². The lowest BCUT2D eigenvalue weighted by molar-refractivity contribution is 0.431. The van der Waals surface area contributed by atoms with E-state index in [0.29, 0.717) is 10.4 Å². The zero-order valence-electron chi connectivity index (χ0n) is 11.0. The average Bonchev–Trinajstić information content (AvgIpc) is 2.92. The minimum atomic E-state index is -0.767. The highest BCUT2D eigenvalue weighted by Gasteiger charge is 2.14. The number of phenols is 1. The average molecular weight is 313 g/mol. The Balaban J connectivity index is 1.99. The van der Waals surface area contributed by atoms with E-state index in [1.54, 1.807) is 0 Å². The molecular weight excluding hydrogens is 305 g/mol. The van der Waals surface area contributed by atoms with Crippen molar-refractivity contribution >= 4 is 32.5 Å². The van der Waals surface area contributed by atoms with Gasteiger partial charge in [0.05, 0.1) is 15.8 Å². The molecule has 0 amide bonds. The van der Waals surface area contributed by atoms with E-state index in [4.69, 9.17) is 4.42 Å². The number of aromatic hydroxyl groups is 1. The van der Waals surface area contributed by atoms with Crippen LogP contribution in [0.5, 0.6) is 5.75 Å². The molecule has 0 aliphatic heterocycles. The highest BCUT2D eigenvalue weighted by atomic mass is 32.1. The predicted molar refractivity (Wildman–Crippen MR) is 82.7 cm³/mol. The summed E-state index contributed by atoms with van der Waals surface area (Å²) < 4.78 is 19.6. The molecule has 2 heterocycles. The lowest BCUT2D eigenvalue weighted by Crippen LogP contribution is -2.02. The molecule has 4 rings (SSSR count). The van der Waals surface area contributed by atoms with Gasteiger partial charge in [0.2, 0.25) is 0 Å². The Morgan fingerprint density at radius 3 is 2.82 bits per heavy atom. The fraction of sp³-hybridized carbons (Fsp3) is 0. The number of fused-ring (bicyclic) bond motifs is 2. The van der Waals surface area contributed by atoms with Gasteiger partial charge in [-0.1, -0.05) is 12.1 Å². The third-order valence-electron chi connectivity index (χ3n) is 3.33. The van der Waals surface area contributed by atoms with E-state index >= 15 is 0 Å². The van der Waals surface area contributed by atoms with E-state index in [1.807, 2.05) is 24.3 Å². The maximum atomic E-state index is 13.5. The van der Waals surface area contributed by atoms with Crippen LogP contribution in [-0.2, 0) is 0 Å². The number of hydrogen-bond donors (Lipinski definition) is 1. The van der Waals surface area contributed by atoms with Crippen LogP contribution < -0.4 is 5.63 Å². The fourth-order valence-electron chi connectivity index (χ4n) is 2.26. The SMILES string of the molecule is O=c1oc2cc(O)c(F)cc2cc1-c1nc2ccccc2s1. The van der Waals surface area contributed by atoms with Gasteiger partial charge in [0.1, 0.15) is 10.6 Å². The van der Waals surface area contributed by atoms with Crippen LogP contribution in [0.1, 0.15) is 0 Å². The maximum absolute atomic E-state index is 13.5. The van der Waals surface area contributed by atoms with Gasteiger partial charge in [-0.2, -0.15) is 0 Å². The fourth-order valence-corrected chi connectivity index (χ4v) is 3.23. The Kier molecular flexibility index (Phi) is 2.74. The number of phenolic OH excluding ortho intramolecular Hbond substituents is 1. The second-order valence-corrected chi connectivity index (χ2v) is 5.81. The molecule has 1 N–H and O–H groups in total. The summed E-state index contributed by atoms with van der Waals surface area (Å²) in [5.74, 6) is -1.32. The van der Waals surface area contributed by atoms with Crippen molar-refractivity contribution in [3.05, 3.63) is 58.7 Å². The molecule has 22 heavy (non-hydrogen) atoms. The van der Waals surface area contributed by atoms with E-state index in [1.165, 1.54) is 17.4 Å². The van der Waals surface area contributed by atoms with Gasteiger partial charge in [-0.3, -0.25) is 0 Å². The Labute approximate surface area is 127 Å². The third-order valence-corrected chi connectivity index (χ3v) is 4.40. The highest BCUT2D eigenvalue weighted by molar-refractivity contribution is 7.21. The van der Waals surface area contributed by atoms with Crippen molar-refractivity contribution in [2.24, 2.45) is 0 Å². The second kappa shape index (κ2) is 4.64. The number of nitrogens with zero attached hydrogens (tertiary/aromatic N) is 1. The smallest absolute Gasteiger partial charge is 0.346 e. The first-order chi connectivity index (χ1) is 10.6. The van der Waals surface area contributed by atoms with Crippen LogP contribution in [0.2, 0.25) is 0 Å². The van der Waals surface area contributed by atoms with Crippen molar-refractivity contribution in [2.45, 2.75) is 0 Å². The number of thiazole rings is 1. The van der Waals surface area contributed by atoms with Crippen LogP contribution >= 0.6 is 11.3 Å². The van der Waals surface area contributed by atoms with Crippen molar-refractivity contribution in [2.75, 3.05) is 0 Å². The Hall–Kier alpha value is -2.73. The van der Waals surface area contributed by atoms with Crippen molar-refractivity contribution in [1.82, 2.24) is 4.98 Å². The van der Waals surface area contributed by atoms with Crippen LogP contribution in [0, 0.1) is 5.82 Å². The molecule has 0 saturated carbocycles. The summed E-state index contributed by atoms with van der Waals surface area (Å²) in [5, 5.41) is 10.3. The van der Waals surface area contributed by atoms with E-state index < -0.39 is 17.2 Å². The molecule has 4 nitrogen and oxygen atoms in total. The molecule has 0 saturated heterocycles. The largest absolute Gasteiger partial charge is 0.505 e. The van der Waals surface area contributed by atoms with Crippen LogP contribution in [0.15, 0.2) is 51.7 Å². The van der Waals surface area contributed by atoms with Gasteiger partial charge in [-0.05, 0) is 24.3 Å². The number of hydrogen-bond acceptors (Lipinski definition) is 5. The summed E-state index contributed by atoms with van der Waals surface area (Å²) in [5.41, 5.74) is 0.629. The lowest BCUT2D eigenvalue weighted by Gasteiger charge is -2.01. The molecule has 0 bridgehead atoms. The number of aromatic nitrogens is 1. The van der Waals surface area contributed by atoms with Gasteiger partial charge in [-0.15, -0.1) is 11.3 Å². The topological polar surface area (TPSA) is 63.3 Å². The summed E-state index contributed by atoms with van der Waals surface area (Å²) in [6, 6.07) is 11.3. The normalized spacial score (nSPS) is 11.3. The Morgan fingerprint density at radius 2 is 2.00 bits per heavy atom. The van der Waals surface area contributed by atoms with Gasteiger partial charge >= 0.3 is 5.63 Å². The monoisotopic (exact) mass is 313 g/mol. The third kappa shape index (κ3) is 1.96. The molecule has 0 unspecified atom stereocenters. The van der Waals surface area contributed by atoms with Crippen molar-refractivity contribution in [3.63, 3.8) is 0 Å². The van der Waals surface area contributed by atoms with Crippen LogP contribution in [0.4, 0.5) is 4.39 Å². The Bertz CT molecular complexity index is 1050. The molecule has 0 fully saturated rings. The molecule has 108 valence electrons. The zero-order chi connectivity index (χ0) is 15.3. The summed E-state index contributed by atoms with van der Waals surface area (Å²) in [6.45, 7) is 0. The quantitative estimate of drug-likeness (QED) is 0.541. The minimum Gasteiger partial charge on any atom is -0.505 e. The molecule has 4 aromatic rings. The van der Waals surface area contributed by atoms with Gasteiger partial charge in [-0.25, -0.2) is 14.2 Å². The van der Waals surface area contributed by atoms with Crippen LogP contribution in [0.3, 0.4) is 0 Å². The molecule has 0 atom stereocenters. The zero-order valence-corrected chi connectivity index (χ0v) is 11.9. The van der Waals surface area contributed by atoms with Crippen LogP contribution in [-0.4, -0.2) is 10.1 Å². The standard InChI is InChI=1S/C16H8FNO3S/c17-10-6-8-5-9(16(20)21-13(8)7-12(10)19)15-18-11-3-1-2-4-14(11)22-15/h1-7,19H. The minimum absolute atomic E-state index is 0.133. The molecule has 6 heteroatoms. The second-order valence-electron chi connectivity index (χ2n) is 4.78. The molecule has 0 radical (unpaired) electrons. The molecule has 0 aliphatic carbocycles. The van der Waals surface area contributed by atoms with E-state index in [2.05, 4.69) is 4.98 Å². The van der Waals surface area contributed by atoms with Crippen molar-refractivity contribution in [3.8, 4) is 16.3 Å². The van der Waals surface area contributed by atoms with Crippen molar-refractivity contribution in [1.29, 1.82) is 0 Å².